The van der Waals surface area contributed by atoms with Crippen LogP contribution in [0.5, 0.6) is 5.75 Å². The number of carbonyl (C=O) groups excluding carboxylic acids is 1. The molecule has 1 unspecified atom stereocenters. The summed E-state index contributed by atoms with van der Waals surface area (Å²) in [6.45, 7) is 1.93. The molecule has 1 atom stereocenters. The number of rotatable bonds is 7. The second-order valence-electron chi connectivity index (χ2n) is 7.34. The molecule has 2 heterocycles. The number of benzene rings is 2. The molecule has 2 N–H and O–H groups in total. The number of amides is 1. The third kappa shape index (κ3) is 4.51. The Morgan fingerprint density at radius 3 is 2.59 bits per heavy atom. The van der Waals surface area contributed by atoms with Gasteiger partial charge in [0.15, 0.2) is 0 Å². The van der Waals surface area contributed by atoms with Crippen molar-refractivity contribution >= 4 is 11.8 Å². The van der Waals surface area contributed by atoms with Crippen LogP contribution in [0.2, 0.25) is 0 Å². The average Bonchev–Trinajstić information content (AvgIpc) is 3.23. The maximum atomic E-state index is 13.5. The van der Waals surface area contributed by atoms with Crippen LogP contribution in [0.1, 0.15) is 31.2 Å². The van der Waals surface area contributed by atoms with Gasteiger partial charge >= 0.3 is 0 Å². The van der Waals surface area contributed by atoms with E-state index in [0.29, 0.717) is 35.6 Å². The van der Waals surface area contributed by atoms with Gasteiger partial charge in [0.2, 0.25) is 17.7 Å². The third-order valence-corrected chi connectivity index (χ3v) is 5.08. The van der Waals surface area contributed by atoms with E-state index in [0.717, 1.165) is 11.6 Å². The monoisotopic (exact) mass is 431 g/mol. The first-order chi connectivity index (χ1) is 15.6. The fourth-order valence-electron chi connectivity index (χ4n) is 3.53. The number of anilines is 1. The Bertz CT molecular complexity index is 1210. The van der Waals surface area contributed by atoms with Crippen molar-refractivity contribution in [1.82, 2.24) is 9.97 Å². The first-order valence-electron chi connectivity index (χ1n) is 10.3. The first kappa shape index (κ1) is 21.2. The highest BCUT2D eigenvalue weighted by Crippen LogP contribution is 2.35. The van der Waals surface area contributed by atoms with Gasteiger partial charge in [-0.1, -0.05) is 37.6 Å². The summed E-state index contributed by atoms with van der Waals surface area (Å²) in [7, 11) is 0. The molecule has 4 rings (SSSR count). The zero-order valence-corrected chi connectivity index (χ0v) is 17.5. The fraction of sp³-hybridized carbons (Fsp3) is 0.160. The number of nitrogens with one attached hydrogen (secondary N) is 1. The predicted molar refractivity (Wildman–Crippen MR) is 120 cm³/mol. The van der Waals surface area contributed by atoms with Crippen molar-refractivity contribution in [2.45, 2.75) is 25.7 Å². The Morgan fingerprint density at radius 1 is 1.12 bits per heavy atom. The van der Waals surface area contributed by atoms with Gasteiger partial charge < -0.3 is 9.52 Å². The lowest BCUT2D eigenvalue weighted by Gasteiger charge is -2.17. The first-order valence-corrected chi connectivity index (χ1v) is 10.3. The summed E-state index contributed by atoms with van der Waals surface area (Å²) in [5.41, 5.74) is 2.25. The minimum Gasteiger partial charge on any atom is -0.508 e. The highest BCUT2D eigenvalue weighted by Gasteiger charge is 2.26. The van der Waals surface area contributed by atoms with Gasteiger partial charge in [-0.2, -0.15) is 0 Å². The second kappa shape index (κ2) is 9.43. The molecule has 0 spiro atoms. The van der Waals surface area contributed by atoms with Crippen LogP contribution in [0.4, 0.5) is 10.3 Å². The highest BCUT2D eigenvalue weighted by atomic mass is 19.1. The average molecular weight is 431 g/mol. The van der Waals surface area contributed by atoms with Crippen molar-refractivity contribution < 1.29 is 18.7 Å². The lowest BCUT2D eigenvalue weighted by atomic mass is 9.92. The van der Waals surface area contributed by atoms with Gasteiger partial charge in [-0.15, -0.1) is 0 Å². The number of aromatic hydroxyl groups is 1. The molecule has 6 nitrogen and oxygen atoms in total. The van der Waals surface area contributed by atoms with E-state index in [1.165, 1.54) is 12.1 Å². The molecule has 2 aromatic carbocycles. The molecule has 4 aromatic rings. The number of halogens is 1. The van der Waals surface area contributed by atoms with Gasteiger partial charge in [0, 0.05) is 35.2 Å². The molecule has 0 radical (unpaired) electrons. The lowest BCUT2D eigenvalue weighted by molar-refractivity contribution is -0.117. The molecule has 1 amide bonds. The van der Waals surface area contributed by atoms with E-state index in [-0.39, 0.29) is 17.5 Å². The molecule has 0 saturated carbocycles. The summed E-state index contributed by atoms with van der Waals surface area (Å²) >= 11 is 0. The van der Waals surface area contributed by atoms with Crippen molar-refractivity contribution in [3.63, 3.8) is 0 Å². The number of phenolic OH excluding ortho intramolecular Hbond substituents is 1. The predicted octanol–water partition coefficient (Wildman–Crippen LogP) is 5.77. The minimum atomic E-state index is -0.687. The summed E-state index contributed by atoms with van der Waals surface area (Å²) in [5.74, 6) is -1.35. The number of nitrogens with zero attached hydrogens (tertiary/aromatic N) is 2. The smallest absolute Gasteiger partial charge is 0.234 e. The Kier molecular flexibility index (Phi) is 6.26. The van der Waals surface area contributed by atoms with E-state index in [9.17, 15) is 14.3 Å². The van der Waals surface area contributed by atoms with E-state index in [1.807, 2.05) is 43.3 Å². The van der Waals surface area contributed by atoms with Crippen LogP contribution in [-0.4, -0.2) is 21.0 Å². The van der Waals surface area contributed by atoms with Crippen molar-refractivity contribution in [3.05, 3.63) is 84.4 Å². The summed E-state index contributed by atoms with van der Waals surface area (Å²) in [4.78, 5) is 22.0. The molecule has 7 heteroatoms. The summed E-state index contributed by atoms with van der Waals surface area (Å²) in [6, 6.07) is 16.6. The molecule has 0 fully saturated rings. The van der Waals surface area contributed by atoms with Crippen molar-refractivity contribution in [2.24, 2.45) is 0 Å². The van der Waals surface area contributed by atoms with Gasteiger partial charge in [-0.3, -0.25) is 15.1 Å². The van der Waals surface area contributed by atoms with Gasteiger partial charge in [0.25, 0.3) is 0 Å². The Morgan fingerprint density at radius 2 is 1.91 bits per heavy atom. The second-order valence-corrected chi connectivity index (χ2v) is 7.34. The van der Waals surface area contributed by atoms with Gasteiger partial charge in [-0.25, -0.2) is 9.37 Å². The van der Waals surface area contributed by atoms with E-state index in [4.69, 9.17) is 4.42 Å². The molecule has 0 aliphatic heterocycles. The van der Waals surface area contributed by atoms with Gasteiger partial charge in [0.05, 0.1) is 5.92 Å². The molecule has 162 valence electrons. The summed E-state index contributed by atoms with van der Waals surface area (Å²) in [6.07, 6.45) is 4.44. The zero-order chi connectivity index (χ0) is 22.5. The van der Waals surface area contributed by atoms with Crippen LogP contribution in [0.15, 0.2) is 77.5 Å². The van der Waals surface area contributed by atoms with E-state index < -0.39 is 11.7 Å². The number of phenols is 1. The number of aromatic nitrogens is 2. The minimum absolute atomic E-state index is 0.185. The van der Waals surface area contributed by atoms with Crippen LogP contribution < -0.4 is 5.32 Å². The van der Waals surface area contributed by atoms with Crippen LogP contribution in [0.3, 0.4) is 0 Å². The van der Waals surface area contributed by atoms with Crippen LogP contribution >= 0.6 is 0 Å². The number of hydrogen-bond donors (Lipinski definition) is 2. The number of hydrogen-bond acceptors (Lipinski definition) is 5. The Balaban J connectivity index is 1.71. The summed E-state index contributed by atoms with van der Waals surface area (Å²) < 4.78 is 19.4. The maximum absolute atomic E-state index is 13.5. The van der Waals surface area contributed by atoms with Crippen molar-refractivity contribution in [1.29, 1.82) is 0 Å². The topological polar surface area (TPSA) is 88.3 Å². The van der Waals surface area contributed by atoms with E-state index in [2.05, 4.69) is 15.3 Å². The van der Waals surface area contributed by atoms with Crippen molar-refractivity contribution in [3.8, 4) is 28.5 Å². The Labute approximate surface area is 184 Å². The van der Waals surface area contributed by atoms with E-state index >= 15 is 0 Å². The van der Waals surface area contributed by atoms with Gasteiger partial charge in [0.1, 0.15) is 17.3 Å². The number of pyridine rings is 1. The lowest BCUT2D eigenvalue weighted by Crippen LogP contribution is -2.21. The van der Waals surface area contributed by atoms with Crippen molar-refractivity contribution in [2.75, 3.05) is 5.32 Å². The molecule has 0 aliphatic carbocycles. The largest absolute Gasteiger partial charge is 0.508 e. The number of oxazole rings is 1. The zero-order valence-electron chi connectivity index (χ0n) is 17.5. The molecule has 0 saturated heterocycles. The van der Waals surface area contributed by atoms with Crippen LogP contribution in [-0.2, 0) is 4.79 Å². The fourth-order valence-corrected chi connectivity index (χ4v) is 3.53. The SMILES string of the molecule is CCCC(C(=O)Nc1oc(-c2ccccc2)nc1-c1cccnc1)c1ccc(F)cc1O. The molecule has 0 bridgehead atoms. The maximum Gasteiger partial charge on any atom is 0.234 e. The molecular weight excluding hydrogens is 409 g/mol. The van der Waals surface area contributed by atoms with Gasteiger partial charge in [-0.05, 0) is 36.8 Å². The highest BCUT2D eigenvalue weighted by molar-refractivity contribution is 5.97. The third-order valence-electron chi connectivity index (χ3n) is 5.08. The number of carbonyl (C=O) groups is 1. The normalized spacial score (nSPS) is 11.8. The molecular formula is C25H22FN3O3. The Hall–Kier alpha value is -4.00. The summed E-state index contributed by atoms with van der Waals surface area (Å²) in [5, 5.41) is 13.0. The standard InChI is InChI=1S/C25H22FN3O3/c1-2-7-20(19-12-11-18(26)14-21(19)30)23(31)29-25-22(17-10-6-13-27-15-17)28-24(32-25)16-8-4-3-5-9-16/h3-6,8-15,20,30H,2,7H2,1H3,(H,29,31). The quantitative estimate of drug-likeness (QED) is 0.388. The molecule has 2 aromatic heterocycles. The van der Waals surface area contributed by atoms with Crippen LogP contribution in [0, 0.1) is 5.82 Å². The molecule has 0 aliphatic rings. The van der Waals surface area contributed by atoms with E-state index in [1.54, 1.807) is 18.5 Å². The molecule has 32 heavy (non-hydrogen) atoms. The van der Waals surface area contributed by atoms with Crippen LogP contribution in [0.25, 0.3) is 22.7 Å².